The van der Waals surface area contributed by atoms with E-state index in [2.05, 4.69) is 48.5 Å². The fraction of sp³-hybridized carbons (Fsp3) is 1.00. The van der Waals surface area contributed by atoms with E-state index in [0.717, 1.165) is 18.9 Å². The van der Waals surface area contributed by atoms with Gasteiger partial charge in [-0.3, -0.25) is 0 Å². The van der Waals surface area contributed by atoms with Gasteiger partial charge < -0.3 is 4.74 Å². The minimum absolute atomic E-state index is 0.0118. The normalized spacial score (nSPS) is 15.0. The van der Waals surface area contributed by atoms with Crippen LogP contribution in [0.15, 0.2) is 0 Å². The second-order valence-corrected chi connectivity index (χ2v) is 7.22. The summed E-state index contributed by atoms with van der Waals surface area (Å²) in [5.74, 6) is 0.745. The van der Waals surface area contributed by atoms with Crippen LogP contribution in [0.4, 0.5) is 0 Å². The average molecular weight is 242 g/mol. The molecule has 0 amide bonds. The van der Waals surface area contributed by atoms with Gasteiger partial charge in [-0.15, -0.1) is 0 Å². The van der Waals surface area contributed by atoms with Crippen LogP contribution in [0.1, 0.15) is 80.6 Å². The Labute approximate surface area is 109 Å². The van der Waals surface area contributed by atoms with Gasteiger partial charge in [-0.1, -0.05) is 53.9 Å². The van der Waals surface area contributed by atoms with Gasteiger partial charge in [0.2, 0.25) is 0 Å². The molecular formula is C16H34O. The van der Waals surface area contributed by atoms with E-state index >= 15 is 0 Å². The lowest BCUT2D eigenvalue weighted by Crippen LogP contribution is -2.32. The molecule has 0 heterocycles. The smallest absolute Gasteiger partial charge is 0.0631 e. The molecule has 1 nitrogen and oxygen atoms in total. The van der Waals surface area contributed by atoms with Crippen molar-refractivity contribution in [2.24, 2.45) is 11.3 Å². The molecular weight excluding hydrogens is 208 g/mol. The minimum atomic E-state index is 0.0118. The summed E-state index contributed by atoms with van der Waals surface area (Å²) < 4.78 is 6.16. The molecule has 0 radical (unpaired) electrons. The molecule has 0 aliphatic carbocycles. The van der Waals surface area contributed by atoms with E-state index in [0.29, 0.717) is 5.41 Å². The highest BCUT2D eigenvalue weighted by Crippen LogP contribution is 2.30. The molecule has 0 aromatic rings. The molecule has 0 spiro atoms. The second kappa shape index (κ2) is 7.41. The summed E-state index contributed by atoms with van der Waals surface area (Å²) in [6.45, 7) is 16.8. The molecule has 0 N–H and O–H groups in total. The summed E-state index contributed by atoms with van der Waals surface area (Å²) in [6, 6.07) is 0. The summed E-state index contributed by atoms with van der Waals surface area (Å²) in [7, 11) is 0. The van der Waals surface area contributed by atoms with Gasteiger partial charge in [0.25, 0.3) is 0 Å². The summed E-state index contributed by atoms with van der Waals surface area (Å²) in [4.78, 5) is 0. The molecule has 0 bridgehead atoms. The molecule has 0 aliphatic rings. The van der Waals surface area contributed by atoms with E-state index in [1.807, 2.05) is 0 Å². The molecule has 0 aromatic carbocycles. The maximum absolute atomic E-state index is 6.16. The molecule has 1 atom stereocenters. The van der Waals surface area contributed by atoms with Crippen LogP contribution in [0.2, 0.25) is 0 Å². The standard InChI is InChI=1S/C16H34O/c1-8-10-11-14(9-2)12-17-16(6,7)13-15(3,4)5/h14H,8-13H2,1-7H3. The topological polar surface area (TPSA) is 9.23 Å². The van der Waals surface area contributed by atoms with Gasteiger partial charge >= 0.3 is 0 Å². The first-order chi connectivity index (χ1) is 7.70. The zero-order valence-corrected chi connectivity index (χ0v) is 13.2. The van der Waals surface area contributed by atoms with E-state index < -0.39 is 0 Å². The van der Waals surface area contributed by atoms with Gasteiger partial charge in [-0.25, -0.2) is 0 Å². The zero-order chi connectivity index (χ0) is 13.5. The van der Waals surface area contributed by atoms with E-state index in [-0.39, 0.29) is 5.60 Å². The highest BCUT2D eigenvalue weighted by atomic mass is 16.5. The van der Waals surface area contributed by atoms with Gasteiger partial charge in [0, 0.05) is 0 Å². The lowest BCUT2D eigenvalue weighted by molar-refractivity contribution is -0.0596. The van der Waals surface area contributed by atoms with Crippen molar-refractivity contribution in [2.75, 3.05) is 6.61 Å². The third-order valence-corrected chi connectivity index (χ3v) is 3.21. The van der Waals surface area contributed by atoms with Crippen molar-refractivity contribution in [2.45, 2.75) is 86.2 Å². The number of rotatable bonds is 8. The van der Waals surface area contributed by atoms with Crippen molar-refractivity contribution < 1.29 is 4.74 Å². The van der Waals surface area contributed by atoms with Crippen LogP contribution in [0.3, 0.4) is 0 Å². The predicted molar refractivity (Wildman–Crippen MR) is 77.4 cm³/mol. The van der Waals surface area contributed by atoms with Gasteiger partial charge in [-0.2, -0.15) is 0 Å². The molecule has 0 rings (SSSR count). The maximum atomic E-state index is 6.16. The highest BCUT2D eigenvalue weighted by molar-refractivity contribution is 4.77. The van der Waals surface area contributed by atoms with E-state index in [9.17, 15) is 0 Å². The third-order valence-electron chi connectivity index (χ3n) is 3.21. The largest absolute Gasteiger partial charge is 0.375 e. The molecule has 0 aliphatic heterocycles. The van der Waals surface area contributed by atoms with Gasteiger partial charge in [0.15, 0.2) is 0 Å². The number of hydrogen-bond donors (Lipinski definition) is 0. The lowest BCUT2D eigenvalue weighted by Gasteiger charge is -2.33. The second-order valence-electron chi connectivity index (χ2n) is 7.22. The molecule has 104 valence electrons. The van der Waals surface area contributed by atoms with Gasteiger partial charge in [-0.05, 0) is 38.0 Å². The Balaban J connectivity index is 4.05. The molecule has 0 fully saturated rings. The number of hydrogen-bond acceptors (Lipinski definition) is 1. The number of ether oxygens (including phenoxy) is 1. The van der Waals surface area contributed by atoms with Crippen LogP contribution < -0.4 is 0 Å². The van der Waals surface area contributed by atoms with Gasteiger partial charge in [0.05, 0.1) is 12.2 Å². The Morgan fingerprint density at radius 3 is 2.00 bits per heavy atom. The molecule has 0 aromatic heterocycles. The van der Waals surface area contributed by atoms with E-state index in [1.54, 1.807) is 0 Å². The Morgan fingerprint density at radius 2 is 1.59 bits per heavy atom. The Kier molecular flexibility index (Phi) is 7.39. The predicted octanol–water partition coefficient (Wildman–Crippen LogP) is 5.43. The van der Waals surface area contributed by atoms with E-state index in [1.165, 1.54) is 25.7 Å². The molecule has 0 saturated heterocycles. The minimum Gasteiger partial charge on any atom is -0.375 e. The Bertz CT molecular complexity index is 188. The number of unbranched alkanes of at least 4 members (excludes halogenated alkanes) is 1. The Morgan fingerprint density at radius 1 is 1.00 bits per heavy atom. The quantitative estimate of drug-likeness (QED) is 0.551. The first kappa shape index (κ1) is 17.0. The summed E-state index contributed by atoms with van der Waals surface area (Å²) in [5, 5.41) is 0. The summed E-state index contributed by atoms with van der Waals surface area (Å²) in [5.41, 5.74) is 0.354. The van der Waals surface area contributed by atoms with Crippen molar-refractivity contribution in [1.29, 1.82) is 0 Å². The average Bonchev–Trinajstić information content (AvgIpc) is 2.14. The first-order valence-electron chi connectivity index (χ1n) is 7.34. The van der Waals surface area contributed by atoms with Crippen molar-refractivity contribution in [3.63, 3.8) is 0 Å². The van der Waals surface area contributed by atoms with Crippen LogP contribution in [0.25, 0.3) is 0 Å². The fourth-order valence-electron chi connectivity index (χ4n) is 2.57. The van der Waals surface area contributed by atoms with E-state index in [4.69, 9.17) is 4.74 Å². The monoisotopic (exact) mass is 242 g/mol. The fourth-order valence-corrected chi connectivity index (χ4v) is 2.57. The van der Waals surface area contributed by atoms with Crippen molar-refractivity contribution in [3.8, 4) is 0 Å². The van der Waals surface area contributed by atoms with Crippen molar-refractivity contribution in [1.82, 2.24) is 0 Å². The van der Waals surface area contributed by atoms with Gasteiger partial charge in [0.1, 0.15) is 0 Å². The molecule has 1 unspecified atom stereocenters. The van der Waals surface area contributed by atoms with Crippen LogP contribution in [-0.2, 0) is 4.74 Å². The summed E-state index contributed by atoms with van der Waals surface area (Å²) >= 11 is 0. The zero-order valence-electron chi connectivity index (χ0n) is 13.2. The highest BCUT2D eigenvalue weighted by Gasteiger charge is 2.26. The molecule has 0 saturated carbocycles. The van der Waals surface area contributed by atoms with Crippen molar-refractivity contribution >= 4 is 0 Å². The molecule has 1 heteroatoms. The van der Waals surface area contributed by atoms with Crippen molar-refractivity contribution in [3.05, 3.63) is 0 Å². The first-order valence-corrected chi connectivity index (χ1v) is 7.34. The maximum Gasteiger partial charge on any atom is 0.0631 e. The van der Waals surface area contributed by atoms with Crippen LogP contribution in [0.5, 0.6) is 0 Å². The molecule has 17 heavy (non-hydrogen) atoms. The lowest BCUT2D eigenvalue weighted by atomic mass is 9.83. The Hall–Kier alpha value is -0.0400. The SMILES string of the molecule is CCCCC(CC)COC(C)(C)CC(C)(C)C. The summed E-state index contributed by atoms with van der Waals surface area (Å²) in [6.07, 6.45) is 6.30. The van der Waals surface area contributed by atoms with Crippen LogP contribution >= 0.6 is 0 Å². The third kappa shape index (κ3) is 9.64. The van der Waals surface area contributed by atoms with Crippen LogP contribution in [0, 0.1) is 11.3 Å². The van der Waals surface area contributed by atoms with Crippen LogP contribution in [-0.4, -0.2) is 12.2 Å².